The standard InChI is InChI=1S/C19H22N4O2S/c1-23(2)14-13-20-17-11-12-21-19-16(17)9-6-10-18(19)22-26(24,25)15-7-4-3-5-8-15/h3-12,22H,13-14H2,1-2H3,(H,20,21). The Morgan fingerprint density at radius 1 is 0.962 bits per heavy atom. The van der Waals surface area contributed by atoms with Gasteiger partial charge in [-0.1, -0.05) is 30.3 Å². The summed E-state index contributed by atoms with van der Waals surface area (Å²) in [6.07, 6.45) is 1.68. The Balaban J connectivity index is 1.93. The van der Waals surface area contributed by atoms with Crippen LogP contribution in [0.3, 0.4) is 0 Å². The van der Waals surface area contributed by atoms with E-state index in [0.29, 0.717) is 11.2 Å². The van der Waals surface area contributed by atoms with E-state index in [1.54, 1.807) is 42.6 Å². The van der Waals surface area contributed by atoms with Gasteiger partial charge in [0.15, 0.2) is 0 Å². The van der Waals surface area contributed by atoms with Crippen molar-refractivity contribution in [3.8, 4) is 0 Å². The minimum atomic E-state index is -3.66. The maximum atomic E-state index is 12.6. The molecule has 26 heavy (non-hydrogen) atoms. The van der Waals surface area contributed by atoms with E-state index in [1.165, 1.54) is 0 Å². The number of para-hydroxylation sites is 1. The zero-order valence-electron chi connectivity index (χ0n) is 14.8. The lowest BCUT2D eigenvalue weighted by atomic mass is 10.1. The molecular weight excluding hydrogens is 348 g/mol. The van der Waals surface area contributed by atoms with Gasteiger partial charge >= 0.3 is 0 Å². The zero-order chi connectivity index (χ0) is 18.6. The Kier molecular flexibility index (Phi) is 5.39. The second kappa shape index (κ2) is 7.72. The largest absolute Gasteiger partial charge is 0.383 e. The number of nitrogens with zero attached hydrogens (tertiary/aromatic N) is 2. The fraction of sp³-hybridized carbons (Fsp3) is 0.211. The predicted molar refractivity (Wildman–Crippen MR) is 106 cm³/mol. The lowest BCUT2D eigenvalue weighted by molar-refractivity contribution is 0.425. The monoisotopic (exact) mass is 370 g/mol. The van der Waals surface area contributed by atoms with Crippen LogP contribution in [0.5, 0.6) is 0 Å². The lowest BCUT2D eigenvalue weighted by Crippen LogP contribution is -2.20. The van der Waals surface area contributed by atoms with Crippen LogP contribution >= 0.6 is 0 Å². The molecule has 0 amide bonds. The van der Waals surface area contributed by atoms with Crippen LogP contribution in [-0.4, -0.2) is 45.5 Å². The Morgan fingerprint density at radius 2 is 1.73 bits per heavy atom. The highest BCUT2D eigenvalue weighted by Crippen LogP contribution is 2.28. The molecule has 1 heterocycles. The molecule has 0 saturated heterocycles. The van der Waals surface area contributed by atoms with Crippen LogP contribution in [-0.2, 0) is 10.0 Å². The molecule has 0 aliphatic heterocycles. The summed E-state index contributed by atoms with van der Waals surface area (Å²) in [5.41, 5.74) is 2.00. The fourth-order valence-electron chi connectivity index (χ4n) is 2.63. The van der Waals surface area contributed by atoms with Gasteiger partial charge in [0.05, 0.1) is 16.1 Å². The van der Waals surface area contributed by atoms with Crippen molar-refractivity contribution in [1.82, 2.24) is 9.88 Å². The minimum Gasteiger partial charge on any atom is -0.383 e. The SMILES string of the molecule is CN(C)CCNc1ccnc2c(NS(=O)(=O)c3ccccc3)cccc12. The second-order valence-corrected chi connectivity index (χ2v) is 7.89. The Labute approximate surface area is 153 Å². The molecule has 0 saturated carbocycles. The third-order valence-electron chi connectivity index (χ3n) is 3.94. The minimum absolute atomic E-state index is 0.220. The number of hydrogen-bond donors (Lipinski definition) is 2. The summed E-state index contributed by atoms with van der Waals surface area (Å²) < 4.78 is 27.9. The molecule has 7 heteroatoms. The molecular formula is C19H22N4O2S. The van der Waals surface area contributed by atoms with E-state index in [2.05, 4.69) is 19.9 Å². The summed E-state index contributed by atoms with van der Waals surface area (Å²) >= 11 is 0. The molecule has 0 unspecified atom stereocenters. The van der Waals surface area contributed by atoms with E-state index in [-0.39, 0.29) is 4.90 Å². The van der Waals surface area contributed by atoms with Gasteiger partial charge in [-0.3, -0.25) is 9.71 Å². The number of rotatable bonds is 7. The van der Waals surface area contributed by atoms with Gasteiger partial charge in [0, 0.05) is 30.4 Å². The first-order valence-electron chi connectivity index (χ1n) is 8.31. The van der Waals surface area contributed by atoms with Crippen molar-refractivity contribution in [2.45, 2.75) is 4.90 Å². The summed E-state index contributed by atoms with van der Waals surface area (Å²) in [7, 11) is 0.370. The molecule has 0 spiro atoms. The molecule has 0 aliphatic carbocycles. The number of nitrogens with one attached hydrogen (secondary N) is 2. The van der Waals surface area contributed by atoms with E-state index >= 15 is 0 Å². The van der Waals surface area contributed by atoms with Gasteiger partial charge in [-0.25, -0.2) is 8.42 Å². The first kappa shape index (κ1) is 18.2. The molecule has 6 nitrogen and oxygen atoms in total. The molecule has 2 aromatic carbocycles. The maximum absolute atomic E-state index is 12.6. The van der Waals surface area contributed by atoms with E-state index < -0.39 is 10.0 Å². The lowest BCUT2D eigenvalue weighted by Gasteiger charge is -2.15. The summed E-state index contributed by atoms with van der Waals surface area (Å²) in [4.78, 5) is 6.70. The Morgan fingerprint density at radius 3 is 2.46 bits per heavy atom. The number of benzene rings is 2. The number of sulfonamides is 1. The van der Waals surface area contributed by atoms with Gasteiger partial charge in [-0.2, -0.15) is 0 Å². The van der Waals surface area contributed by atoms with E-state index in [4.69, 9.17) is 0 Å². The number of pyridine rings is 1. The highest BCUT2D eigenvalue weighted by Gasteiger charge is 2.16. The third-order valence-corrected chi connectivity index (χ3v) is 5.32. The number of likely N-dealkylation sites (N-methyl/N-ethyl adjacent to an activating group) is 1. The molecule has 1 aromatic heterocycles. The van der Waals surface area contributed by atoms with Crippen LogP contribution in [0.15, 0.2) is 65.7 Å². The van der Waals surface area contributed by atoms with Gasteiger partial charge < -0.3 is 10.2 Å². The summed E-state index contributed by atoms with van der Waals surface area (Å²) in [6.45, 7) is 1.68. The van der Waals surface area contributed by atoms with Crippen LogP contribution in [0.25, 0.3) is 10.9 Å². The van der Waals surface area contributed by atoms with Crippen molar-refractivity contribution >= 4 is 32.3 Å². The average molecular weight is 370 g/mol. The van der Waals surface area contributed by atoms with Gasteiger partial charge in [0.1, 0.15) is 0 Å². The summed E-state index contributed by atoms with van der Waals surface area (Å²) in [6, 6.07) is 15.7. The van der Waals surface area contributed by atoms with E-state index in [0.717, 1.165) is 24.2 Å². The van der Waals surface area contributed by atoms with Gasteiger partial charge in [0.25, 0.3) is 10.0 Å². The molecule has 3 rings (SSSR count). The van der Waals surface area contributed by atoms with E-state index in [1.807, 2.05) is 32.3 Å². The highest BCUT2D eigenvalue weighted by atomic mass is 32.2. The molecule has 0 bridgehead atoms. The van der Waals surface area contributed by atoms with Crippen molar-refractivity contribution in [1.29, 1.82) is 0 Å². The highest BCUT2D eigenvalue weighted by molar-refractivity contribution is 7.92. The topological polar surface area (TPSA) is 74.3 Å². The Bertz CT molecular complexity index is 989. The average Bonchev–Trinajstić information content (AvgIpc) is 2.62. The normalized spacial score (nSPS) is 11.7. The molecule has 0 radical (unpaired) electrons. The van der Waals surface area contributed by atoms with Gasteiger partial charge in [0.2, 0.25) is 0 Å². The molecule has 0 atom stereocenters. The maximum Gasteiger partial charge on any atom is 0.261 e. The molecule has 3 aromatic rings. The molecule has 2 N–H and O–H groups in total. The van der Waals surface area contributed by atoms with Crippen LogP contribution in [0, 0.1) is 0 Å². The van der Waals surface area contributed by atoms with Gasteiger partial charge in [-0.05, 0) is 38.4 Å². The number of anilines is 2. The Hall–Kier alpha value is -2.64. The first-order valence-corrected chi connectivity index (χ1v) is 9.80. The molecule has 0 fully saturated rings. The first-order chi connectivity index (χ1) is 12.5. The van der Waals surface area contributed by atoms with Crippen molar-refractivity contribution in [2.75, 3.05) is 37.2 Å². The summed E-state index contributed by atoms with van der Waals surface area (Å²) in [5, 5.41) is 4.26. The smallest absolute Gasteiger partial charge is 0.261 e. The third kappa shape index (κ3) is 4.12. The van der Waals surface area contributed by atoms with Crippen LogP contribution < -0.4 is 10.0 Å². The second-order valence-electron chi connectivity index (χ2n) is 6.21. The van der Waals surface area contributed by atoms with Crippen molar-refractivity contribution in [3.05, 3.63) is 60.8 Å². The molecule has 136 valence electrons. The van der Waals surface area contributed by atoms with Crippen LogP contribution in [0.4, 0.5) is 11.4 Å². The van der Waals surface area contributed by atoms with Crippen molar-refractivity contribution < 1.29 is 8.42 Å². The quantitative estimate of drug-likeness (QED) is 0.669. The van der Waals surface area contributed by atoms with Crippen molar-refractivity contribution in [2.24, 2.45) is 0 Å². The molecule has 0 aliphatic rings. The predicted octanol–water partition coefficient (Wildman–Crippen LogP) is 3.01. The van der Waals surface area contributed by atoms with Crippen LogP contribution in [0.2, 0.25) is 0 Å². The number of hydrogen-bond acceptors (Lipinski definition) is 5. The van der Waals surface area contributed by atoms with Crippen molar-refractivity contribution in [3.63, 3.8) is 0 Å². The fourth-order valence-corrected chi connectivity index (χ4v) is 3.72. The van der Waals surface area contributed by atoms with Gasteiger partial charge in [-0.15, -0.1) is 0 Å². The number of aromatic nitrogens is 1. The van der Waals surface area contributed by atoms with E-state index in [9.17, 15) is 8.42 Å². The summed E-state index contributed by atoms with van der Waals surface area (Å²) in [5.74, 6) is 0. The van der Waals surface area contributed by atoms with Crippen LogP contribution in [0.1, 0.15) is 0 Å². The zero-order valence-corrected chi connectivity index (χ0v) is 15.6. The number of fused-ring (bicyclic) bond motifs is 1.